The molecule has 0 amide bonds. The average molecular weight is 296 g/mol. The smallest absolute Gasteiger partial charge is 0.0376 e. The van der Waals surface area contributed by atoms with Crippen molar-refractivity contribution in [2.45, 2.75) is 58.5 Å². The van der Waals surface area contributed by atoms with Crippen LogP contribution >= 0.6 is 0 Å². The minimum atomic E-state index is 0.674. The molecule has 0 aromatic heterocycles. The first-order valence-electron chi connectivity index (χ1n) is 9.15. The van der Waals surface area contributed by atoms with Gasteiger partial charge in [0.2, 0.25) is 0 Å². The van der Waals surface area contributed by atoms with Gasteiger partial charge in [-0.2, -0.15) is 0 Å². The standard InChI is InChI=1S/C18H37N3/c1-6-9-19-18(16-8-7-14(2)15(3)12-16)17-13-20(4)10-11-21(17)5/h14-19H,6-13H2,1-5H3. The third-order valence-electron chi connectivity index (χ3n) is 6.09. The largest absolute Gasteiger partial charge is 0.312 e. The van der Waals surface area contributed by atoms with Crippen molar-refractivity contribution in [3.63, 3.8) is 0 Å². The number of piperazine rings is 1. The zero-order chi connectivity index (χ0) is 15.4. The lowest BCUT2D eigenvalue weighted by Gasteiger charge is -2.47. The highest BCUT2D eigenvalue weighted by Gasteiger charge is 2.37. The van der Waals surface area contributed by atoms with Gasteiger partial charge in [-0.25, -0.2) is 0 Å². The summed E-state index contributed by atoms with van der Waals surface area (Å²) in [7, 11) is 4.61. The van der Waals surface area contributed by atoms with Crippen molar-refractivity contribution in [3.8, 4) is 0 Å². The van der Waals surface area contributed by atoms with Gasteiger partial charge in [-0.05, 0) is 57.7 Å². The Bertz CT molecular complexity index is 307. The lowest BCUT2D eigenvalue weighted by molar-refractivity contribution is 0.0507. The molecule has 1 saturated carbocycles. The Morgan fingerprint density at radius 1 is 1.10 bits per heavy atom. The third kappa shape index (κ3) is 4.43. The summed E-state index contributed by atoms with van der Waals surface area (Å²) in [6, 6.07) is 1.36. The van der Waals surface area contributed by atoms with E-state index >= 15 is 0 Å². The van der Waals surface area contributed by atoms with Gasteiger partial charge >= 0.3 is 0 Å². The predicted octanol–water partition coefficient (Wildman–Crippen LogP) is 2.67. The van der Waals surface area contributed by atoms with E-state index in [1.807, 2.05) is 0 Å². The molecule has 1 saturated heterocycles. The molecule has 1 N–H and O–H groups in total. The van der Waals surface area contributed by atoms with Crippen LogP contribution in [0.25, 0.3) is 0 Å². The lowest BCUT2D eigenvalue weighted by atomic mass is 9.71. The maximum atomic E-state index is 3.93. The zero-order valence-corrected chi connectivity index (χ0v) is 14.9. The SMILES string of the molecule is CCCNC(C1CCC(C)C(C)C1)C1CN(C)CCN1C. The first kappa shape index (κ1) is 17.2. The van der Waals surface area contributed by atoms with Crippen LogP contribution in [0.3, 0.4) is 0 Å². The van der Waals surface area contributed by atoms with E-state index < -0.39 is 0 Å². The Balaban J connectivity index is 2.05. The van der Waals surface area contributed by atoms with Crippen molar-refractivity contribution in [2.24, 2.45) is 17.8 Å². The Morgan fingerprint density at radius 3 is 2.52 bits per heavy atom. The van der Waals surface area contributed by atoms with E-state index in [0.29, 0.717) is 12.1 Å². The van der Waals surface area contributed by atoms with Crippen LogP contribution in [0.15, 0.2) is 0 Å². The molecule has 0 radical (unpaired) electrons. The number of nitrogens with one attached hydrogen (secondary N) is 1. The first-order valence-corrected chi connectivity index (χ1v) is 9.15. The highest BCUT2D eigenvalue weighted by atomic mass is 15.3. The van der Waals surface area contributed by atoms with E-state index in [-0.39, 0.29) is 0 Å². The molecule has 3 heteroatoms. The average Bonchev–Trinajstić information content (AvgIpc) is 2.46. The van der Waals surface area contributed by atoms with Gasteiger partial charge in [-0.3, -0.25) is 4.90 Å². The molecule has 5 atom stereocenters. The molecule has 1 aliphatic heterocycles. The van der Waals surface area contributed by atoms with E-state index in [1.54, 1.807) is 0 Å². The van der Waals surface area contributed by atoms with Crippen LogP contribution in [0.2, 0.25) is 0 Å². The summed E-state index contributed by atoms with van der Waals surface area (Å²) >= 11 is 0. The highest BCUT2D eigenvalue weighted by Crippen LogP contribution is 2.36. The first-order chi connectivity index (χ1) is 10.0. The molecule has 0 bridgehead atoms. The molecular formula is C18H37N3. The Kier molecular flexibility index (Phi) is 6.51. The Hall–Kier alpha value is -0.120. The third-order valence-corrected chi connectivity index (χ3v) is 6.09. The molecule has 21 heavy (non-hydrogen) atoms. The molecule has 2 rings (SSSR count). The van der Waals surface area contributed by atoms with Gasteiger partial charge in [-0.1, -0.05) is 27.2 Å². The van der Waals surface area contributed by atoms with Gasteiger partial charge in [0.05, 0.1) is 0 Å². The number of rotatable bonds is 5. The van der Waals surface area contributed by atoms with Crippen molar-refractivity contribution in [3.05, 3.63) is 0 Å². The summed E-state index contributed by atoms with van der Waals surface area (Å²) < 4.78 is 0. The molecule has 5 unspecified atom stereocenters. The van der Waals surface area contributed by atoms with E-state index in [1.165, 1.54) is 51.9 Å². The quantitative estimate of drug-likeness (QED) is 0.841. The van der Waals surface area contributed by atoms with Crippen LogP contribution in [0.4, 0.5) is 0 Å². The van der Waals surface area contributed by atoms with Gasteiger partial charge in [0.15, 0.2) is 0 Å². The van der Waals surface area contributed by atoms with E-state index in [4.69, 9.17) is 0 Å². The van der Waals surface area contributed by atoms with Crippen LogP contribution in [0.5, 0.6) is 0 Å². The second-order valence-corrected chi connectivity index (χ2v) is 7.82. The number of nitrogens with zero attached hydrogens (tertiary/aromatic N) is 2. The maximum absolute atomic E-state index is 3.93. The van der Waals surface area contributed by atoms with Crippen molar-refractivity contribution >= 4 is 0 Å². The predicted molar refractivity (Wildman–Crippen MR) is 91.7 cm³/mol. The topological polar surface area (TPSA) is 18.5 Å². The Morgan fingerprint density at radius 2 is 1.86 bits per heavy atom. The van der Waals surface area contributed by atoms with Gasteiger partial charge in [0.25, 0.3) is 0 Å². The van der Waals surface area contributed by atoms with E-state index in [0.717, 1.165) is 17.8 Å². The highest BCUT2D eigenvalue weighted by molar-refractivity contribution is 4.95. The van der Waals surface area contributed by atoms with Crippen LogP contribution in [0, 0.1) is 17.8 Å². The van der Waals surface area contributed by atoms with E-state index in [9.17, 15) is 0 Å². The Labute approximate surface area is 132 Å². The van der Waals surface area contributed by atoms with Crippen LogP contribution in [-0.4, -0.2) is 62.2 Å². The monoisotopic (exact) mass is 295 g/mol. The second-order valence-electron chi connectivity index (χ2n) is 7.82. The maximum Gasteiger partial charge on any atom is 0.0376 e. The summed E-state index contributed by atoms with van der Waals surface area (Å²) in [5.74, 6) is 2.67. The number of likely N-dealkylation sites (N-methyl/N-ethyl adjacent to an activating group) is 2. The fraction of sp³-hybridized carbons (Fsp3) is 1.00. The van der Waals surface area contributed by atoms with Crippen molar-refractivity contribution < 1.29 is 0 Å². The van der Waals surface area contributed by atoms with Crippen LogP contribution in [0.1, 0.15) is 46.5 Å². The molecule has 3 nitrogen and oxygen atoms in total. The fourth-order valence-corrected chi connectivity index (χ4v) is 4.28. The second kappa shape index (κ2) is 7.94. The zero-order valence-electron chi connectivity index (χ0n) is 14.9. The van der Waals surface area contributed by atoms with Crippen molar-refractivity contribution in [1.82, 2.24) is 15.1 Å². The number of hydrogen-bond acceptors (Lipinski definition) is 3. The molecule has 124 valence electrons. The van der Waals surface area contributed by atoms with Crippen molar-refractivity contribution in [1.29, 1.82) is 0 Å². The summed E-state index contributed by atoms with van der Waals surface area (Å²) in [6.07, 6.45) is 5.49. The van der Waals surface area contributed by atoms with Gasteiger partial charge in [0.1, 0.15) is 0 Å². The minimum Gasteiger partial charge on any atom is -0.312 e. The van der Waals surface area contributed by atoms with Gasteiger partial charge in [0, 0.05) is 31.7 Å². The summed E-state index contributed by atoms with van der Waals surface area (Å²) in [5, 5.41) is 3.93. The van der Waals surface area contributed by atoms with Crippen LogP contribution < -0.4 is 5.32 Å². The molecule has 1 aliphatic carbocycles. The lowest BCUT2D eigenvalue weighted by Crippen LogP contribution is -2.61. The summed E-state index contributed by atoms with van der Waals surface area (Å²) in [5.41, 5.74) is 0. The normalized spacial score (nSPS) is 37.6. The minimum absolute atomic E-state index is 0.674. The fourth-order valence-electron chi connectivity index (χ4n) is 4.28. The molecular weight excluding hydrogens is 258 g/mol. The molecule has 2 aliphatic rings. The molecule has 0 aromatic rings. The number of hydrogen-bond donors (Lipinski definition) is 1. The molecule has 0 aromatic carbocycles. The molecule has 2 fully saturated rings. The summed E-state index contributed by atoms with van der Waals surface area (Å²) in [6.45, 7) is 12.0. The van der Waals surface area contributed by atoms with Gasteiger partial charge < -0.3 is 10.2 Å². The van der Waals surface area contributed by atoms with Gasteiger partial charge in [-0.15, -0.1) is 0 Å². The summed E-state index contributed by atoms with van der Waals surface area (Å²) in [4.78, 5) is 5.12. The van der Waals surface area contributed by atoms with Crippen molar-refractivity contribution in [2.75, 3.05) is 40.3 Å². The van der Waals surface area contributed by atoms with Crippen LogP contribution in [-0.2, 0) is 0 Å². The molecule has 1 heterocycles. The van der Waals surface area contributed by atoms with E-state index in [2.05, 4.69) is 50.0 Å². The molecule has 0 spiro atoms.